The topological polar surface area (TPSA) is 113 Å². The van der Waals surface area contributed by atoms with Gasteiger partial charge in [0.15, 0.2) is 0 Å². The summed E-state index contributed by atoms with van der Waals surface area (Å²) in [5.74, 6) is -0.924. The number of carbonyl (C=O) groups is 2. The highest BCUT2D eigenvalue weighted by Crippen LogP contribution is 2.17. The fraction of sp³-hybridized carbons (Fsp3) is 0.857. The van der Waals surface area contributed by atoms with Crippen LogP contribution >= 0.6 is 0 Å². The van der Waals surface area contributed by atoms with Crippen molar-refractivity contribution in [2.45, 2.75) is 52.2 Å². The molecule has 1 rings (SSSR count). The van der Waals surface area contributed by atoms with Crippen LogP contribution in [0.25, 0.3) is 0 Å². The van der Waals surface area contributed by atoms with Crippen molar-refractivity contribution >= 4 is 22.1 Å². The first kappa shape index (κ1) is 19.7. The third-order valence-corrected chi connectivity index (χ3v) is 5.61. The molecule has 1 heterocycles. The summed E-state index contributed by atoms with van der Waals surface area (Å²) in [6.45, 7) is 5.94. The average molecular weight is 350 g/mol. The molecule has 0 saturated carbocycles. The van der Waals surface area contributed by atoms with Gasteiger partial charge in [-0.05, 0) is 32.1 Å². The second kappa shape index (κ2) is 8.49. The first-order valence-electron chi connectivity index (χ1n) is 7.83. The van der Waals surface area contributed by atoms with E-state index in [1.54, 1.807) is 6.92 Å². The predicted octanol–water partition coefficient (Wildman–Crippen LogP) is 1.03. The summed E-state index contributed by atoms with van der Waals surface area (Å²) in [6.07, 6.45) is -0.0255. The molecule has 0 aliphatic carbocycles. The number of hydrogen-bond acceptors (Lipinski definition) is 5. The summed E-state index contributed by atoms with van der Waals surface area (Å²) >= 11 is 0. The number of piperidine rings is 1. The lowest BCUT2D eigenvalue weighted by Crippen LogP contribution is -2.46. The molecule has 134 valence electrons. The summed E-state index contributed by atoms with van der Waals surface area (Å²) in [5, 5.41) is 11.4. The van der Waals surface area contributed by atoms with Gasteiger partial charge in [0.2, 0.25) is 10.0 Å². The maximum atomic E-state index is 11.8. The molecule has 0 aromatic carbocycles. The van der Waals surface area contributed by atoms with Gasteiger partial charge in [0.05, 0.1) is 5.75 Å². The minimum absolute atomic E-state index is 0.0501. The van der Waals surface area contributed by atoms with Gasteiger partial charge < -0.3 is 15.2 Å². The van der Waals surface area contributed by atoms with Crippen LogP contribution in [0.5, 0.6) is 0 Å². The van der Waals surface area contributed by atoms with E-state index in [9.17, 15) is 18.0 Å². The maximum Gasteiger partial charge on any atom is 0.408 e. The number of carboxylic acids is 1. The molecule has 0 spiro atoms. The number of nitrogens with zero attached hydrogens (tertiary/aromatic N) is 1. The minimum atomic E-state index is -3.22. The fourth-order valence-electron chi connectivity index (χ4n) is 2.43. The maximum absolute atomic E-state index is 11.8. The van der Waals surface area contributed by atoms with Crippen molar-refractivity contribution in [3.8, 4) is 0 Å². The zero-order valence-corrected chi connectivity index (χ0v) is 14.6. The number of hydrogen-bond donors (Lipinski definition) is 2. The number of sulfonamides is 1. The van der Waals surface area contributed by atoms with Crippen molar-refractivity contribution in [2.75, 3.05) is 18.8 Å². The Morgan fingerprint density at radius 2 is 1.87 bits per heavy atom. The lowest BCUT2D eigenvalue weighted by molar-refractivity contribution is -0.139. The second-order valence-electron chi connectivity index (χ2n) is 6.07. The smallest absolute Gasteiger partial charge is 0.408 e. The van der Waals surface area contributed by atoms with Crippen molar-refractivity contribution in [3.63, 3.8) is 0 Å². The van der Waals surface area contributed by atoms with Crippen molar-refractivity contribution in [1.29, 1.82) is 0 Å². The van der Waals surface area contributed by atoms with E-state index in [1.807, 2.05) is 13.8 Å². The van der Waals surface area contributed by atoms with Gasteiger partial charge in [-0.15, -0.1) is 0 Å². The van der Waals surface area contributed by atoms with Crippen LogP contribution in [-0.4, -0.2) is 60.9 Å². The Hall–Kier alpha value is -1.35. The van der Waals surface area contributed by atoms with Gasteiger partial charge >= 0.3 is 12.1 Å². The Morgan fingerprint density at radius 1 is 1.30 bits per heavy atom. The van der Waals surface area contributed by atoms with E-state index in [2.05, 4.69) is 5.32 Å². The highest BCUT2D eigenvalue weighted by Gasteiger charge is 2.29. The van der Waals surface area contributed by atoms with Crippen LogP contribution in [0.15, 0.2) is 0 Å². The van der Waals surface area contributed by atoms with E-state index in [0.717, 1.165) is 0 Å². The molecule has 0 aromatic rings. The van der Waals surface area contributed by atoms with Crippen LogP contribution in [0.2, 0.25) is 0 Å². The number of amides is 1. The summed E-state index contributed by atoms with van der Waals surface area (Å²) in [6, 6.07) is -0.983. The molecule has 1 saturated heterocycles. The SMILES string of the molecule is CCS(=O)(=O)N1CCC(OC(=O)NC(CC(C)C)C(=O)O)CC1. The molecule has 23 heavy (non-hydrogen) atoms. The van der Waals surface area contributed by atoms with Gasteiger partial charge in [-0.2, -0.15) is 0 Å². The van der Waals surface area contributed by atoms with E-state index < -0.39 is 34.2 Å². The van der Waals surface area contributed by atoms with E-state index in [1.165, 1.54) is 4.31 Å². The number of carbonyl (C=O) groups excluding carboxylic acids is 1. The molecular formula is C14H26N2O6S. The molecule has 0 bridgehead atoms. The van der Waals surface area contributed by atoms with Gasteiger partial charge in [0.25, 0.3) is 0 Å². The number of alkyl carbamates (subject to hydrolysis) is 1. The summed E-state index contributed by atoms with van der Waals surface area (Å²) < 4.78 is 30.1. The number of aliphatic carboxylic acids is 1. The van der Waals surface area contributed by atoms with E-state index in [4.69, 9.17) is 9.84 Å². The molecular weight excluding hydrogens is 324 g/mol. The van der Waals surface area contributed by atoms with Crippen LogP contribution in [0.4, 0.5) is 4.79 Å². The molecule has 2 N–H and O–H groups in total. The Labute approximate surface area is 137 Å². The van der Waals surface area contributed by atoms with Gasteiger partial charge in [-0.25, -0.2) is 22.3 Å². The molecule has 8 nitrogen and oxygen atoms in total. The van der Waals surface area contributed by atoms with Crippen molar-refractivity contribution in [3.05, 3.63) is 0 Å². The van der Waals surface area contributed by atoms with E-state index in [0.29, 0.717) is 32.4 Å². The van der Waals surface area contributed by atoms with Gasteiger partial charge in [0.1, 0.15) is 12.1 Å². The van der Waals surface area contributed by atoms with E-state index in [-0.39, 0.29) is 11.7 Å². The Bertz CT molecular complexity index is 511. The lowest BCUT2D eigenvalue weighted by atomic mass is 10.0. The van der Waals surface area contributed by atoms with Crippen LogP contribution in [0.1, 0.15) is 40.0 Å². The van der Waals surface area contributed by atoms with Gasteiger partial charge in [-0.3, -0.25) is 0 Å². The fourth-order valence-corrected chi connectivity index (χ4v) is 3.56. The molecule has 1 atom stereocenters. The Kier molecular flexibility index (Phi) is 7.27. The second-order valence-corrected chi connectivity index (χ2v) is 8.33. The number of carboxylic acid groups (broad SMARTS) is 1. The molecule has 0 radical (unpaired) electrons. The molecule has 1 fully saturated rings. The Morgan fingerprint density at radius 3 is 2.30 bits per heavy atom. The van der Waals surface area contributed by atoms with Crippen LogP contribution in [-0.2, 0) is 19.6 Å². The minimum Gasteiger partial charge on any atom is -0.480 e. The average Bonchev–Trinajstić information content (AvgIpc) is 2.46. The number of ether oxygens (including phenoxy) is 1. The molecule has 0 aromatic heterocycles. The largest absolute Gasteiger partial charge is 0.480 e. The Balaban J connectivity index is 2.46. The molecule has 1 aliphatic heterocycles. The van der Waals surface area contributed by atoms with Gasteiger partial charge in [-0.1, -0.05) is 13.8 Å². The normalized spacial score (nSPS) is 18.6. The third-order valence-electron chi connectivity index (χ3n) is 3.73. The third kappa shape index (κ3) is 6.34. The first-order chi connectivity index (χ1) is 10.7. The molecule has 1 aliphatic rings. The molecule has 9 heteroatoms. The van der Waals surface area contributed by atoms with Crippen LogP contribution < -0.4 is 5.32 Å². The zero-order chi connectivity index (χ0) is 17.6. The van der Waals surface area contributed by atoms with Crippen LogP contribution in [0, 0.1) is 5.92 Å². The summed E-state index contributed by atoms with van der Waals surface area (Å²) in [4.78, 5) is 22.9. The zero-order valence-electron chi connectivity index (χ0n) is 13.8. The molecule has 1 unspecified atom stereocenters. The summed E-state index contributed by atoms with van der Waals surface area (Å²) in [7, 11) is -3.22. The number of nitrogens with one attached hydrogen (secondary N) is 1. The first-order valence-corrected chi connectivity index (χ1v) is 9.44. The van der Waals surface area contributed by atoms with E-state index >= 15 is 0 Å². The van der Waals surface area contributed by atoms with Crippen molar-refractivity contribution in [2.24, 2.45) is 5.92 Å². The highest BCUT2D eigenvalue weighted by atomic mass is 32.2. The van der Waals surface area contributed by atoms with Gasteiger partial charge in [0, 0.05) is 13.1 Å². The quantitative estimate of drug-likeness (QED) is 0.709. The predicted molar refractivity (Wildman–Crippen MR) is 84.6 cm³/mol. The molecule has 1 amide bonds. The van der Waals surface area contributed by atoms with Crippen molar-refractivity contribution in [1.82, 2.24) is 9.62 Å². The highest BCUT2D eigenvalue weighted by molar-refractivity contribution is 7.89. The number of rotatable bonds is 7. The van der Waals surface area contributed by atoms with Crippen molar-refractivity contribution < 1.29 is 27.9 Å². The monoisotopic (exact) mass is 350 g/mol. The standard InChI is InChI=1S/C14H26N2O6S/c1-4-23(20,21)16-7-5-11(6-8-16)22-14(19)15-12(13(17)18)9-10(2)3/h10-12H,4-9H2,1-3H3,(H,15,19)(H,17,18). The summed E-state index contributed by atoms with van der Waals surface area (Å²) in [5.41, 5.74) is 0. The van der Waals surface area contributed by atoms with Crippen LogP contribution in [0.3, 0.4) is 0 Å². The lowest BCUT2D eigenvalue weighted by Gasteiger charge is -2.30.